The molecule has 6 heteroatoms. The Labute approximate surface area is 101 Å². The summed E-state index contributed by atoms with van der Waals surface area (Å²) in [4.78, 5) is 0. The van der Waals surface area contributed by atoms with Crippen molar-refractivity contribution in [3.8, 4) is 0 Å². The van der Waals surface area contributed by atoms with Gasteiger partial charge in [-0.05, 0) is 12.8 Å². The molecule has 1 saturated carbocycles. The smallest absolute Gasteiger partial charge is 0.164 e. The number of rotatable bonds is 1. The summed E-state index contributed by atoms with van der Waals surface area (Å²) in [5.41, 5.74) is 5.54. The van der Waals surface area contributed by atoms with Gasteiger partial charge < -0.3 is 5.73 Å². The van der Waals surface area contributed by atoms with Crippen LogP contribution >= 0.6 is 36.4 Å². The fourth-order valence-corrected chi connectivity index (χ4v) is 1.88. The van der Waals surface area contributed by atoms with E-state index in [4.69, 9.17) is 17.3 Å². The second-order valence-electron chi connectivity index (χ2n) is 3.28. The number of nitrogens with zero attached hydrogens (tertiary/aromatic N) is 2. The molecule has 82 valence electrons. The number of hydrogen-bond donors (Lipinski definition) is 1. The van der Waals surface area contributed by atoms with Crippen molar-refractivity contribution < 1.29 is 0 Å². The van der Waals surface area contributed by atoms with Crippen molar-refractivity contribution in [2.45, 2.75) is 31.7 Å². The van der Waals surface area contributed by atoms with Crippen LogP contribution in [0.5, 0.6) is 0 Å². The van der Waals surface area contributed by atoms with E-state index < -0.39 is 0 Å². The average molecular weight is 259 g/mol. The number of nitrogen functional groups attached to an aromatic ring is 1. The van der Waals surface area contributed by atoms with Crippen LogP contribution in [0, 0.1) is 0 Å². The maximum atomic E-state index is 5.80. The van der Waals surface area contributed by atoms with Gasteiger partial charge >= 0.3 is 0 Å². The van der Waals surface area contributed by atoms with Gasteiger partial charge in [0.15, 0.2) is 5.82 Å². The molecular formula is C8H14Cl3N3. The van der Waals surface area contributed by atoms with E-state index in [1.54, 1.807) is 0 Å². The van der Waals surface area contributed by atoms with E-state index in [9.17, 15) is 0 Å². The number of nitrogens with two attached hydrogens (primary N) is 1. The quantitative estimate of drug-likeness (QED) is 0.841. The molecule has 0 saturated heterocycles. The first kappa shape index (κ1) is 13.9. The molecule has 0 radical (unpaired) electrons. The number of aromatic nitrogens is 2. The highest BCUT2D eigenvalue weighted by atomic mass is 35.5. The summed E-state index contributed by atoms with van der Waals surface area (Å²) < 4.78 is 1.91. The summed E-state index contributed by atoms with van der Waals surface area (Å²) in [5, 5.41) is 4.73. The fourth-order valence-electron chi connectivity index (χ4n) is 1.74. The summed E-state index contributed by atoms with van der Waals surface area (Å²) in [6, 6.07) is 0.528. The molecule has 0 aliphatic heterocycles. The largest absolute Gasteiger partial charge is 0.381 e. The monoisotopic (exact) mass is 257 g/mol. The lowest BCUT2D eigenvalue weighted by molar-refractivity contribution is 0.468. The van der Waals surface area contributed by atoms with E-state index in [-0.39, 0.29) is 24.8 Å². The van der Waals surface area contributed by atoms with E-state index in [2.05, 4.69) is 5.10 Å². The highest BCUT2D eigenvalue weighted by Gasteiger charge is 2.18. The molecule has 1 aliphatic rings. The summed E-state index contributed by atoms with van der Waals surface area (Å²) in [7, 11) is 0. The lowest BCUT2D eigenvalue weighted by Crippen LogP contribution is -2.05. The van der Waals surface area contributed by atoms with Gasteiger partial charge in [-0.3, -0.25) is 4.68 Å². The molecule has 1 fully saturated rings. The molecule has 0 atom stereocenters. The predicted octanol–water partition coefficient (Wildman–Crippen LogP) is 3.08. The molecule has 1 aromatic heterocycles. The summed E-state index contributed by atoms with van der Waals surface area (Å²) in [6.45, 7) is 0. The van der Waals surface area contributed by atoms with Crippen molar-refractivity contribution in [2.24, 2.45) is 0 Å². The van der Waals surface area contributed by atoms with Crippen LogP contribution in [-0.4, -0.2) is 9.78 Å². The third-order valence-electron chi connectivity index (χ3n) is 2.41. The first-order valence-corrected chi connectivity index (χ1v) is 4.65. The van der Waals surface area contributed by atoms with Crippen LogP contribution in [0.1, 0.15) is 31.7 Å². The van der Waals surface area contributed by atoms with E-state index in [1.165, 1.54) is 25.7 Å². The van der Waals surface area contributed by atoms with Crippen LogP contribution in [0.2, 0.25) is 5.02 Å². The summed E-state index contributed by atoms with van der Waals surface area (Å²) >= 11 is 5.80. The topological polar surface area (TPSA) is 43.8 Å². The maximum Gasteiger partial charge on any atom is 0.164 e. The van der Waals surface area contributed by atoms with Crippen molar-refractivity contribution in [1.29, 1.82) is 0 Å². The van der Waals surface area contributed by atoms with Gasteiger partial charge in [-0.2, -0.15) is 5.10 Å². The maximum absolute atomic E-state index is 5.80. The number of anilines is 1. The molecule has 0 aromatic carbocycles. The van der Waals surface area contributed by atoms with Crippen molar-refractivity contribution in [1.82, 2.24) is 9.78 Å². The predicted molar refractivity (Wildman–Crippen MR) is 63.7 cm³/mol. The first-order chi connectivity index (χ1) is 5.77. The van der Waals surface area contributed by atoms with Crippen LogP contribution in [0.25, 0.3) is 0 Å². The minimum Gasteiger partial charge on any atom is -0.381 e. The van der Waals surface area contributed by atoms with E-state index in [1.807, 2.05) is 10.9 Å². The number of halogens is 3. The van der Waals surface area contributed by atoms with Crippen LogP contribution in [0.4, 0.5) is 5.82 Å². The van der Waals surface area contributed by atoms with Gasteiger partial charge in [0.1, 0.15) is 5.02 Å². The minimum absolute atomic E-state index is 0. The van der Waals surface area contributed by atoms with Crippen LogP contribution in [0.3, 0.4) is 0 Å². The van der Waals surface area contributed by atoms with Crippen molar-refractivity contribution in [3.63, 3.8) is 0 Å². The zero-order valence-electron chi connectivity index (χ0n) is 7.65. The Bertz CT molecular complexity index is 262. The van der Waals surface area contributed by atoms with E-state index in [0.717, 1.165) is 0 Å². The molecule has 14 heavy (non-hydrogen) atoms. The van der Waals surface area contributed by atoms with Crippen molar-refractivity contribution in [3.05, 3.63) is 11.2 Å². The Kier molecular flexibility index (Phi) is 5.64. The van der Waals surface area contributed by atoms with Crippen molar-refractivity contribution >= 4 is 42.2 Å². The van der Waals surface area contributed by atoms with Gasteiger partial charge in [-0.25, -0.2) is 0 Å². The Morgan fingerprint density at radius 3 is 2.36 bits per heavy atom. The lowest BCUT2D eigenvalue weighted by Gasteiger charge is -2.07. The fraction of sp³-hybridized carbons (Fsp3) is 0.625. The average Bonchev–Trinajstić information content (AvgIpc) is 2.61. The molecule has 0 unspecified atom stereocenters. The molecule has 2 rings (SSSR count). The Balaban J connectivity index is 0.000000845. The Morgan fingerprint density at radius 1 is 1.36 bits per heavy atom. The second kappa shape index (κ2) is 5.69. The Hall–Kier alpha value is -0.120. The molecule has 1 aliphatic carbocycles. The van der Waals surface area contributed by atoms with Gasteiger partial charge in [0.05, 0.1) is 6.04 Å². The first-order valence-electron chi connectivity index (χ1n) is 4.27. The van der Waals surface area contributed by atoms with Gasteiger partial charge in [-0.1, -0.05) is 24.4 Å². The Morgan fingerprint density at radius 2 is 1.93 bits per heavy atom. The summed E-state index contributed by atoms with van der Waals surface area (Å²) in [5.74, 6) is 0.448. The molecule has 3 nitrogen and oxygen atoms in total. The molecule has 0 bridgehead atoms. The molecule has 1 aromatic rings. The third-order valence-corrected chi connectivity index (χ3v) is 2.70. The van der Waals surface area contributed by atoms with Crippen LogP contribution in [-0.2, 0) is 0 Å². The van der Waals surface area contributed by atoms with Crippen LogP contribution in [0.15, 0.2) is 6.20 Å². The van der Waals surface area contributed by atoms with Gasteiger partial charge in [0.2, 0.25) is 0 Å². The van der Waals surface area contributed by atoms with Crippen molar-refractivity contribution in [2.75, 3.05) is 5.73 Å². The lowest BCUT2D eigenvalue weighted by atomic mass is 10.3. The van der Waals surface area contributed by atoms with E-state index >= 15 is 0 Å². The molecule has 2 N–H and O–H groups in total. The van der Waals surface area contributed by atoms with E-state index in [0.29, 0.717) is 16.9 Å². The van der Waals surface area contributed by atoms with Crippen LogP contribution < -0.4 is 5.73 Å². The standard InChI is InChI=1S/C8H12ClN3.2ClH/c9-7-5-12(11-8(7)10)6-3-1-2-4-6;;/h5-6H,1-4H2,(H2,10,11);2*1H. The molecule has 1 heterocycles. The van der Waals surface area contributed by atoms with Gasteiger partial charge in [0, 0.05) is 6.20 Å². The molecule has 0 spiro atoms. The van der Waals surface area contributed by atoms with Gasteiger partial charge in [-0.15, -0.1) is 24.8 Å². The second-order valence-corrected chi connectivity index (χ2v) is 3.69. The molecule has 0 amide bonds. The summed E-state index contributed by atoms with van der Waals surface area (Å²) in [6.07, 6.45) is 6.83. The molecular weight excluding hydrogens is 244 g/mol. The van der Waals surface area contributed by atoms with Gasteiger partial charge in [0.25, 0.3) is 0 Å². The highest BCUT2D eigenvalue weighted by Crippen LogP contribution is 2.30. The number of hydrogen-bond acceptors (Lipinski definition) is 2. The highest BCUT2D eigenvalue weighted by molar-refractivity contribution is 6.32. The minimum atomic E-state index is 0. The SMILES string of the molecule is Cl.Cl.Nc1nn(C2CCCC2)cc1Cl. The zero-order chi connectivity index (χ0) is 8.55. The third kappa shape index (κ3) is 2.69. The zero-order valence-corrected chi connectivity index (χ0v) is 10.0. The normalized spacial score (nSPS) is 16.1.